The second-order valence-corrected chi connectivity index (χ2v) is 9.54. The van der Waals surface area contributed by atoms with Crippen molar-refractivity contribution in [1.29, 1.82) is 0 Å². The summed E-state index contributed by atoms with van der Waals surface area (Å²) < 4.78 is 13.6. The second kappa shape index (κ2) is 8.83. The van der Waals surface area contributed by atoms with Crippen molar-refractivity contribution in [2.24, 2.45) is 0 Å². The first-order chi connectivity index (χ1) is 14.8. The first kappa shape index (κ1) is 21.6. The number of nitrogens with zero attached hydrogens (tertiary/aromatic N) is 4. The molecule has 0 bridgehead atoms. The first-order valence-corrected chi connectivity index (χ1v) is 11.2. The molecule has 4 heterocycles. The Morgan fingerprint density at radius 2 is 1.81 bits per heavy atom. The third-order valence-electron chi connectivity index (χ3n) is 5.38. The van der Waals surface area contributed by atoms with Gasteiger partial charge in [-0.05, 0) is 71.7 Å². The molecule has 2 atom stereocenters. The topological polar surface area (TPSA) is 78.0 Å². The van der Waals surface area contributed by atoms with E-state index in [0.29, 0.717) is 5.82 Å². The van der Waals surface area contributed by atoms with E-state index in [9.17, 15) is 0 Å². The molecule has 166 valence electrons. The number of rotatable bonds is 6. The molecular formula is C24H33N5O2. The van der Waals surface area contributed by atoms with Gasteiger partial charge in [-0.2, -0.15) is 0 Å². The van der Waals surface area contributed by atoms with Crippen LogP contribution in [0.5, 0.6) is 0 Å². The lowest BCUT2D eigenvalue weighted by molar-refractivity contribution is -0.0511. The monoisotopic (exact) mass is 423 g/mol. The summed E-state index contributed by atoms with van der Waals surface area (Å²) in [5.41, 5.74) is 0.710. The van der Waals surface area contributed by atoms with Gasteiger partial charge >= 0.3 is 0 Å². The van der Waals surface area contributed by atoms with Gasteiger partial charge in [-0.25, -0.2) is 14.6 Å². The molecule has 0 aliphatic carbocycles. The highest BCUT2D eigenvalue weighted by Crippen LogP contribution is 2.30. The van der Waals surface area contributed by atoms with E-state index >= 15 is 0 Å². The van der Waals surface area contributed by atoms with Gasteiger partial charge < -0.3 is 14.5 Å². The van der Waals surface area contributed by atoms with Crippen molar-refractivity contribution in [2.75, 3.05) is 5.32 Å². The second-order valence-electron chi connectivity index (χ2n) is 9.54. The molecule has 1 saturated heterocycles. The zero-order valence-corrected chi connectivity index (χ0v) is 19.1. The van der Waals surface area contributed by atoms with E-state index in [1.54, 1.807) is 6.26 Å². The molecule has 0 amide bonds. The third kappa shape index (κ3) is 5.53. The summed E-state index contributed by atoms with van der Waals surface area (Å²) in [6.45, 7) is 10.6. The number of aryl methyl sites for hydroxylation is 2. The summed E-state index contributed by atoms with van der Waals surface area (Å²) in [4.78, 5) is 9.70. The van der Waals surface area contributed by atoms with Crippen LogP contribution in [0.25, 0.3) is 11.5 Å². The van der Waals surface area contributed by atoms with Crippen LogP contribution in [0, 0.1) is 0 Å². The number of hydrogen-bond donors (Lipinski definition) is 1. The lowest BCUT2D eigenvalue weighted by atomic mass is 10.00. The number of anilines is 1. The van der Waals surface area contributed by atoms with E-state index in [1.807, 2.05) is 30.3 Å². The lowest BCUT2D eigenvalue weighted by Gasteiger charge is -2.32. The van der Waals surface area contributed by atoms with Crippen molar-refractivity contribution < 1.29 is 9.15 Å². The van der Waals surface area contributed by atoms with E-state index in [0.717, 1.165) is 48.8 Å². The molecule has 0 spiro atoms. The molecular weight excluding hydrogens is 390 g/mol. The number of nitrogens with one attached hydrogen (secondary N) is 1. The highest BCUT2D eigenvalue weighted by atomic mass is 16.5. The molecule has 2 unspecified atom stereocenters. The summed E-state index contributed by atoms with van der Waals surface area (Å²) in [5, 5.41) is 8.37. The maximum atomic E-state index is 5.95. The van der Waals surface area contributed by atoms with Crippen molar-refractivity contribution in [3.63, 3.8) is 0 Å². The summed E-state index contributed by atoms with van der Waals surface area (Å²) in [7, 11) is 0. The Hall–Kier alpha value is -2.67. The van der Waals surface area contributed by atoms with Crippen LogP contribution >= 0.6 is 0 Å². The van der Waals surface area contributed by atoms with Gasteiger partial charge in [0.2, 0.25) is 0 Å². The fourth-order valence-electron chi connectivity index (χ4n) is 4.20. The standard InChI is InChI=1S/C24H33N5O2/c1-16-14-18(15-17(2)31-16)29-22(12-11-19-8-7-13-30-19)26-23(28-29)20-9-6-10-21(25-20)27-24(3,4)5/h6-10,13,16-18H,11-12,14-15H2,1-5H3,(H,25,27). The number of furan rings is 1. The van der Waals surface area contributed by atoms with Gasteiger partial charge in [-0.3, -0.25) is 0 Å². The average molecular weight is 424 g/mol. The Balaban J connectivity index is 1.65. The fraction of sp³-hybridized carbons (Fsp3) is 0.542. The molecule has 0 radical (unpaired) electrons. The van der Waals surface area contributed by atoms with Gasteiger partial charge in [0, 0.05) is 18.4 Å². The average Bonchev–Trinajstić information content (AvgIpc) is 3.34. The molecule has 3 aromatic rings. The maximum Gasteiger partial charge on any atom is 0.200 e. The Morgan fingerprint density at radius 3 is 2.48 bits per heavy atom. The highest BCUT2D eigenvalue weighted by molar-refractivity contribution is 5.53. The Labute approximate surface area is 184 Å². The molecule has 1 N–H and O–H groups in total. The minimum absolute atomic E-state index is 0.0685. The lowest BCUT2D eigenvalue weighted by Crippen LogP contribution is -2.32. The predicted molar refractivity (Wildman–Crippen MR) is 121 cm³/mol. The summed E-state index contributed by atoms with van der Waals surface area (Å²) >= 11 is 0. The minimum atomic E-state index is -0.0685. The Morgan fingerprint density at radius 1 is 1.03 bits per heavy atom. The molecule has 7 nitrogen and oxygen atoms in total. The quantitative estimate of drug-likeness (QED) is 0.597. The van der Waals surface area contributed by atoms with Crippen LogP contribution in [0.3, 0.4) is 0 Å². The normalized spacial score (nSPS) is 21.9. The molecule has 31 heavy (non-hydrogen) atoms. The van der Waals surface area contributed by atoms with E-state index in [4.69, 9.17) is 24.2 Å². The van der Waals surface area contributed by atoms with Crippen LogP contribution in [-0.4, -0.2) is 37.5 Å². The van der Waals surface area contributed by atoms with Crippen molar-refractivity contribution >= 4 is 5.82 Å². The number of ether oxygens (including phenoxy) is 1. The van der Waals surface area contributed by atoms with Gasteiger partial charge in [0.25, 0.3) is 0 Å². The summed E-state index contributed by atoms with van der Waals surface area (Å²) in [5.74, 6) is 3.42. The van der Waals surface area contributed by atoms with Crippen LogP contribution in [0.1, 0.15) is 65.1 Å². The van der Waals surface area contributed by atoms with Gasteiger partial charge in [-0.15, -0.1) is 5.10 Å². The summed E-state index contributed by atoms with van der Waals surface area (Å²) in [6, 6.07) is 10.1. The largest absolute Gasteiger partial charge is 0.469 e. The van der Waals surface area contributed by atoms with E-state index in [1.165, 1.54) is 0 Å². The molecule has 7 heteroatoms. The molecule has 1 aliphatic heterocycles. The molecule has 0 saturated carbocycles. The van der Waals surface area contributed by atoms with Crippen LogP contribution in [0.2, 0.25) is 0 Å². The van der Waals surface area contributed by atoms with Crippen molar-refractivity contribution in [1.82, 2.24) is 19.7 Å². The van der Waals surface area contributed by atoms with E-state index < -0.39 is 0 Å². The number of pyridine rings is 1. The van der Waals surface area contributed by atoms with Gasteiger partial charge in [-0.1, -0.05) is 6.07 Å². The number of aromatic nitrogens is 4. The smallest absolute Gasteiger partial charge is 0.200 e. The fourth-order valence-corrected chi connectivity index (χ4v) is 4.20. The molecule has 3 aromatic heterocycles. The zero-order chi connectivity index (χ0) is 22.0. The van der Waals surface area contributed by atoms with Gasteiger partial charge in [0.1, 0.15) is 23.1 Å². The van der Waals surface area contributed by atoms with Crippen LogP contribution in [-0.2, 0) is 17.6 Å². The summed E-state index contributed by atoms with van der Waals surface area (Å²) in [6.07, 6.45) is 5.54. The van der Waals surface area contributed by atoms with E-state index in [2.05, 4.69) is 44.6 Å². The molecule has 4 rings (SSSR count). The van der Waals surface area contributed by atoms with Gasteiger partial charge in [0.15, 0.2) is 5.82 Å². The SMILES string of the molecule is CC1CC(n2nc(-c3cccc(NC(C)(C)C)n3)nc2CCc2ccco2)CC(C)O1. The molecule has 1 aliphatic rings. The van der Waals surface area contributed by atoms with Gasteiger partial charge in [0.05, 0.1) is 24.5 Å². The Bertz CT molecular complexity index is 980. The van der Waals surface area contributed by atoms with Crippen LogP contribution in [0.15, 0.2) is 41.0 Å². The van der Waals surface area contributed by atoms with Crippen molar-refractivity contribution in [2.45, 2.75) is 84.1 Å². The first-order valence-electron chi connectivity index (χ1n) is 11.2. The molecule has 0 aromatic carbocycles. The third-order valence-corrected chi connectivity index (χ3v) is 5.38. The highest BCUT2D eigenvalue weighted by Gasteiger charge is 2.29. The maximum absolute atomic E-state index is 5.95. The van der Waals surface area contributed by atoms with Crippen LogP contribution in [0.4, 0.5) is 5.82 Å². The van der Waals surface area contributed by atoms with E-state index in [-0.39, 0.29) is 23.8 Å². The predicted octanol–water partition coefficient (Wildman–Crippen LogP) is 5.06. The number of hydrogen-bond acceptors (Lipinski definition) is 6. The Kier molecular flexibility index (Phi) is 6.14. The van der Waals surface area contributed by atoms with Crippen molar-refractivity contribution in [3.8, 4) is 11.5 Å². The minimum Gasteiger partial charge on any atom is -0.469 e. The zero-order valence-electron chi connectivity index (χ0n) is 19.1. The van der Waals surface area contributed by atoms with Crippen molar-refractivity contribution in [3.05, 3.63) is 48.2 Å². The molecule has 1 fully saturated rings. The van der Waals surface area contributed by atoms with Crippen LogP contribution < -0.4 is 5.32 Å².